The zero-order valence-corrected chi connectivity index (χ0v) is 17.1. The topological polar surface area (TPSA) is 96.5 Å². The molecule has 0 aliphatic heterocycles. The zero-order chi connectivity index (χ0) is 22.1. The average Bonchev–Trinajstić information content (AvgIpc) is 3.10. The van der Waals surface area contributed by atoms with E-state index in [0.717, 1.165) is 10.4 Å². The van der Waals surface area contributed by atoms with Crippen LogP contribution >= 0.6 is 0 Å². The zero-order valence-electron chi connectivity index (χ0n) is 17.1. The van der Waals surface area contributed by atoms with Gasteiger partial charge in [0.15, 0.2) is 5.82 Å². The lowest BCUT2D eigenvalue weighted by Crippen LogP contribution is -2.13. The smallest absolute Gasteiger partial charge is 0.255 e. The molecule has 0 bridgehead atoms. The molecule has 8 heteroatoms. The third-order valence-corrected chi connectivity index (χ3v) is 4.95. The number of anilines is 2. The summed E-state index contributed by atoms with van der Waals surface area (Å²) in [6.07, 6.45) is 0. The van der Waals surface area contributed by atoms with Gasteiger partial charge in [-0.25, -0.2) is 4.98 Å². The highest BCUT2D eigenvalue weighted by Crippen LogP contribution is 2.27. The van der Waals surface area contributed by atoms with Crippen LogP contribution in [-0.4, -0.2) is 46.4 Å². The number of carbonyl (C=O) groups excluding carboxylic acids is 1. The van der Waals surface area contributed by atoms with Gasteiger partial charge in [-0.2, -0.15) is 9.47 Å². The molecule has 0 saturated carbocycles. The van der Waals surface area contributed by atoms with Crippen LogP contribution in [-0.2, 0) is 0 Å². The Morgan fingerprint density at radius 1 is 1.10 bits per heavy atom. The second-order valence-electron chi connectivity index (χ2n) is 7.27. The maximum absolute atomic E-state index is 12.5. The van der Waals surface area contributed by atoms with Gasteiger partial charge in [0.25, 0.3) is 5.91 Å². The molecule has 1 aromatic heterocycles. The normalized spacial score (nSPS) is 10.8. The van der Waals surface area contributed by atoms with Crippen molar-refractivity contribution in [1.29, 1.82) is 0 Å². The Kier molecular flexibility index (Phi) is 5.04. The highest BCUT2D eigenvalue weighted by molar-refractivity contribution is 6.04. The Bertz CT molecular complexity index is 1280. The number of amides is 1. The third kappa shape index (κ3) is 3.91. The van der Waals surface area contributed by atoms with Gasteiger partial charge in [0.2, 0.25) is 5.69 Å². The summed E-state index contributed by atoms with van der Waals surface area (Å²) in [6.45, 7) is 3.31. The van der Waals surface area contributed by atoms with Gasteiger partial charge in [-0.1, -0.05) is 0 Å². The summed E-state index contributed by atoms with van der Waals surface area (Å²) in [5.41, 5.74) is 4.09. The van der Waals surface area contributed by atoms with Gasteiger partial charge in [-0.15, -0.1) is 0 Å². The Morgan fingerprint density at radius 2 is 1.77 bits per heavy atom. The molecule has 2 N–H and O–H groups in total. The predicted molar refractivity (Wildman–Crippen MR) is 121 cm³/mol. The highest BCUT2D eigenvalue weighted by Gasteiger charge is 2.15. The largest absolute Gasteiger partial charge is 0.619 e. The van der Waals surface area contributed by atoms with E-state index in [4.69, 9.17) is 0 Å². The fourth-order valence-electron chi connectivity index (χ4n) is 3.21. The summed E-state index contributed by atoms with van der Waals surface area (Å²) >= 11 is 0. The van der Waals surface area contributed by atoms with Crippen molar-refractivity contribution in [3.8, 4) is 11.4 Å². The molecule has 1 amide bonds. The Balaban J connectivity index is 1.55. The number of rotatable bonds is 5. The molecule has 0 saturated heterocycles. The van der Waals surface area contributed by atoms with Gasteiger partial charge in [0.1, 0.15) is 12.2 Å². The van der Waals surface area contributed by atoms with Gasteiger partial charge in [0.05, 0.1) is 5.52 Å². The van der Waals surface area contributed by atoms with E-state index in [1.807, 2.05) is 31.1 Å². The summed E-state index contributed by atoms with van der Waals surface area (Å²) in [7, 11) is 3.88. The summed E-state index contributed by atoms with van der Waals surface area (Å²) in [4.78, 5) is 18.9. The minimum atomic E-state index is -0.213. The lowest BCUT2D eigenvalue weighted by molar-refractivity contribution is -0.349. The molecule has 4 aromatic rings. The molecule has 8 nitrogen and oxygen atoms in total. The molecule has 4 rings (SSSR count). The second kappa shape index (κ2) is 7.83. The highest BCUT2D eigenvalue weighted by atomic mass is 16.5. The van der Waals surface area contributed by atoms with Crippen LogP contribution < -0.4 is 10.2 Å². The third-order valence-electron chi connectivity index (χ3n) is 4.95. The Hall–Kier alpha value is -4.33. The molecule has 31 heavy (non-hydrogen) atoms. The molecule has 3 aromatic carbocycles. The quantitative estimate of drug-likeness (QED) is 0.168. The van der Waals surface area contributed by atoms with Crippen LogP contribution in [0.1, 0.15) is 10.4 Å². The van der Waals surface area contributed by atoms with Crippen LogP contribution in [0, 0.1) is 5.21 Å². The maximum atomic E-state index is 12.5. The minimum Gasteiger partial charge on any atom is -0.619 e. The number of carbonyl (C=O) groups is 1. The van der Waals surface area contributed by atoms with E-state index in [9.17, 15) is 15.2 Å². The van der Waals surface area contributed by atoms with Gasteiger partial charge in [-0.3, -0.25) is 4.79 Å². The van der Waals surface area contributed by atoms with Crippen LogP contribution in [0.15, 0.2) is 66.7 Å². The van der Waals surface area contributed by atoms with E-state index >= 15 is 0 Å². The number of hydrogen-bond donors (Lipinski definition) is 2. The van der Waals surface area contributed by atoms with E-state index in [1.54, 1.807) is 48.5 Å². The molecule has 0 unspecified atom stereocenters. The van der Waals surface area contributed by atoms with Crippen LogP contribution in [0.5, 0.6) is 0 Å². The van der Waals surface area contributed by atoms with Crippen molar-refractivity contribution in [2.45, 2.75) is 0 Å². The first-order chi connectivity index (χ1) is 14.8. The molecule has 0 atom stereocenters. The average molecular weight is 415 g/mol. The summed E-state index contributed by atoms with van der Waals surface area (Å²) < 4.78 is 1.40. The van der Waals surface area contributed by atoms with E-state index in [0.29, 0.717) is 44.1 Å². The first-order valence-corrected chi connectivity index (χ1v) is 9.52. The molecule has 0 spiro atoms. The molecule has 0 fully saturated rings. The number of imidazole rings is 1. The van der Waals surface area contributed by atoms with Gasteiger partial charge < -0.3 is 20.6 Å². The molecule has 1 heterocycles. The molecule has 156 valence electrons. The van der Waals surface area contributed by atoms with Crippen LogP contribution in [0.3, 0.4) is 0 Å². The summed E-state index contributed by atoms with van der Waals surface area (Å²) in [5, 5.41) is 24.8. The molecular weight excluding hydrogens is 394 g/mol. The van der Waals surface area contributed by atoms with Crippen LogP contribution in [0.4, 0.5) is 17.1 Å². The van der Waals surface area contributed by atoms with Crippen molar-refractivity contribution < 1.29 is 14.7 Å². The molecule has 0 aliphatic carbocycles. The maximum Gasteiger partial charge on any atom is 0.255 e. The van der Waals surface area contributed by atoms with Crippen molar-refractivity contribution in [1.82, 2.24) is 9.71 Å². The summed E-state index contributed by atoms with van der Waals surface area (Å²) in [5.74, 6) is 0.112. The minimum absolute atomic E-state index is 0.213. The predicted octanol–water partition coefficient (Wildman–Crippen LogP) is 4.10. The van der Waals surface area contributed by atoms with E-state index < -0.39 is 0 Å². The summed E-state index contributed by atoms with van der Waals surface area (Å²) in [6, 6.07) is 19.0. The number of nitrogens with one attached hydrogen (secondary N) is 1. The standard InChI is InChI=1S/C23H21N5O3/c1-26(2)18-10-6-16(7-11-18)23(29)24-17-8-4-15(5-9-17)22-25-20-13-12-19(27(3)30)14-21(20)28(22)31/h4-14,31H,3H2,1-2H3,(H,24,29). The Labute approximate surface area is 178 Å². The number of nitrogens with zero attached hydrogens (tertiary/aromatic N) is 4. The van der Waals surface area contributed by atoms with Crippen molar-refractivity contribution in [3.05, 3.63) is 77.5 Å². The van der Waals surface area contributed by atoms with E-state index in [1.165, 1.54) is 6.07 Å². The molecular formula is C23H21N5O3. The Morgan fingerprint density at radius 3 is 2.39 bits per heavy atom. The lowest BCUT2D eigenvalue weighted by Gasteiger charge is -2.12. The van der Waals surface area contributed by atoms with Crippen molar-refractivity contribution in [2.24, 2.45) is 0 Å². The number of aromatic nitrogens is 2. The molecule has 0 aliphatic rings. The van der Waals surface area contributed by atoms with Crippen molar-refractivity contribution >= 4 is 40.7 Å². The van der Waals surface area contributed by atoms with E-state index in [-0.39, 0.29) is 5.91 Å². The van der Waals surface area contributed by atoms with Crippen LogP contribution in [0.2, 0.25) is 0 Å². The van der Waals surface area contributed by atoms with Crippen LogP contribution in [0.25, 0.3) is 22.4 Å². The van der Waals surface area contributed by atoms with Crippen molar-refractivity contribution in [3.63, 3.8) is 0 Å². The SMILES string of the molecule is C=[N+]([O-])c1ccc2nc(-c3ccc(NC(=O)c4ccc(N(C)C)cc4)cc3)n(O)c2c1. The fourth-order valence-corrected chi connectivity index (χ4v) is 3.21. The number of hydrogen-bond acceptors (Lipinski definition) is 5. The van der Waals surface area contributed by atoms with Gasteiger partial charge in [0, 0.05) is 48.7 Å². The first kappa shape index (κ1) is 20.0. The monoisotopic (exact) mass is 415 g/mol. The molecule has 0 radical (unpaired) electrons. The first-order valence-electron chi connectivity index (χ1n) is 9.52. The number of fused-ring (bicyclic) bond motifs is 1. The fraction of sp³-hybridized carbons (Fsp3) is 0.0870. The second-order valence-corrected chi connectivity index (χ2v) is 7.27. The van der Waals surface area contributed by atoms with E-state index in [2.05, 4.69) is 17.0 Å². The van der Waals surface area contributed by atoms with Gasteiger partial charge >= 0.3 is 0 Å². The lowest BCUT2D eigenvalue weighted by atomic mass is 10.1. The van der Waals surface area contributed by atoms with Crippen molar-refractivity contribution in [2.75, 3.05) is 24.3 Å². The van der Waals surface area contributed by atoms with Gasteiger partial charge in [-0.05, 0) is 54.6 Å². The number of benzene rings is 3.